The molecule has 0 spiro atoms. The van der Waals surface area contributed by atoms with Crippen LogP contribution in [0.15, 0.2) is 46.6 Å². The van der Waals surface area contributed by atoms with Gasteiger partial charge in [0.1, 0.15) is 0 Å². The molecule has 0 saturated carbocycles. The maximum atomic E-state index is 11.2. The number of H-pyrrole nitrogens is 1. The molecule has 2 aromatic heterocycles. The number of hydrogen-bond acceptors (Lipinski definition) is 6. The van der Waals surface area contributed by atoms with E-state index in [9.17, 15) is 9.90 Å². The summed E-state index contributed by atoms with van der Waals surface area (Å²) in [7, 11) is 0. The number of hydrogen-bond donors (Lipinski definition) is 3. The minimum Gasteiger partial charge on any atom is -0.493 e. The Balaban J connectivity index is 1.86. The predicted molar refractivity (Wildman–Crippen MR) is 77.4 cm³/mol. The van der Waals surface area contributed by atoms with Crippen molar-refractivity contribution in [1.82, 2.24) is 15.0 Å². The molecule has 3 rings (SSSR count). The zero-order valence-electron chi connectivity index (χ0n) is 10.2. The highest BCUT2D eigenvalue weighted by Gasteiger charge is 2.06. The second kappa shape index (κ2) is 5.14. The first-order valence-corrected chi connectivity index (χ1v) is 6.67. The molecular formula is C13H10N4O2S. The fourth-order valence-corrected chi connectivity index (χ4v) is 2.40. The van der Waals surface area contributed by atoms with Crippen LogP contribution in [0.5, 0.6) is 5.88 Å². The van der Waals surface area contributed by atoms with E-state index in [1.54, 1.807) is 0 Å². The van der Waals surface area contributed by atoms with E-state index < -0.39 is 5.56 Å². The van der Waals surface area contributed by atoms with E-state index in [4.69, 9.17) is 0 Å². The van der Waals surface area contributed by atoms with Crippen molar-refractivity contribution in [3.63, 3.8) is 0 Å². The summed E-state index contributed by atoms with van der Waals surface area (Å²) in [5.74, 6) is -0.181. The van der Waals surface area contributed by atoms with Crippen molar-refractivity contribution in [2.45, 2.75) is 0 Å². The van der Waals surface area contributed by atoms with Gasteiger partial charge in [-0.15, -0.1) is 11.3 Å². The van der Waals surface area contributed by atoms with Crippen molar-refractivity contribution in [1.29, 1.82) is 0 Å². The van der Waals surface area contributed by atoms with Gasteiger partial charge in [-0.25, -0.2) is 4.98 Å². The number of aromatic amines is 1. The summed E-state index contributed by atoms with van der Waals surface area (Å²) in [5.41, 5.74) is 1.41. The van der Waals surface area contributed by atoms with Crippen molar-refractivity contribution in [2.75, 3.05) is 5.32 Å². The first-order valence-electron chi connectivity index (χ1n) is 5.79. The van der Waals surface area contributed by atoms with Crippen molar-refractivity contribution < 1.29 is 5.11 Å². The third-order valence-electron chi connectivity index (χ3n) is 2.53. The van der Waals surface area contributed by atoms with Crippen molar-refractivity contribution in [3.05, 3.63) is 52.1 Å². The highest BCUT2D eigenvalue weighted by Crippen LogP contribution is 2.25. The Labute approximate surface area is 117 Å². The zero-order valence-corrected chi connectivity index (χ0v) is 11.0. The lowest BCUT2D eigenvalue weighted by Crippen LogP contribution is -2.08. The average Bonchev–Trinajstić information content (AvgIpc) is 2.87. The van der Waals surface area contributed by atoms with E-state index >= 15 is 0 Å². The van der Waals surface area contributed by atoms with Gasteiger partial charge < -0.3 is 10.4 Å². The molecule has 3 N–H and O–H groups in total. The SMILES string of the molecule is O=c1cc(O)nc(Nc2nc(-c3ccccc3)cs2)[nH]1. The molecule has 100 valence electrons. The molecule has 2 heterocycles. The quantitative estimate of drug-likeness (QED) is 0.687. The number of rotatable bonds is 3. The lowest BCUT2D eigenvalue weighted by atomic mass is 10.2. The summed E-state index contributed by atoms with van der Waals surface area (Å²) < 4.78 is 0. The molecule has 0 aliphatic rings. The van der Waals surface area contributed by atoms with Crippen LogP contribution < -0.4 is 10.9 Å². The van der Waals surface area contributed by atoms with Gasteiger partial charge in [0.25, 0.3) is 5.56 Å². The van der Waals surface area contributed by atoms with Gasteiger partial charge in [-0.1, -0.05) is 30.3 Å². The Morgan fingerprint density at radius 3 is 2.75 bits per heavy atom. The van der Waals surface area contributed by atoms with Gasteiger partial charge in [-0.3, -0.25) is 9.78 Å². The van der Waals surface area contributed by atoms with Crippen LogP contribution >= 0.6 is 11.3 Å². The van der Waals surface area contributed by atoms with Crippen LogP contribution in [-0.4, -0.2) is 20.1 Å². The first kappa shape index (κ1) is 12.4. The molecule has 0 bridgehead atoms. The summed E-state index contributed by atoms with van der Waals surface area (Å²) in [6, 6.07) is 10.8. The average molecular weight is 286 g/mol. The predicted octanol–water partition coefficient (Wildman–Crippen LogP) is 2.34. The van der Waals surface area contributed by atoms with Gasteiger partial charge >= 0.3 is 0 Å². The Hall–Kier alpha value is -2.67. The van der Waals surface area contributed by atoms with Gasteiger partial charge in [0.15, 0.2) is 5.13 Å². The molecule has 20 heavy (non-hydrogen) atoms. The molecule has 0 saturated heterocycles. The zero-order chi connectivity index (χ0) is 13.9. The van der Waals surface area contributed by atoms with Crippen LogP contribution in [-0.2, 0) is 0 Å². The maximum Gasteiger partial charge on any atom is 0.256 e. The summed E-state index contributed by atoms with van der Waals surface area (Å²) >= 11 is 1.39. The molecule has 6 nitrogen and oxygen atoms in total. The molecule has 0 aliphatic carbocycles. The van der Waals surface area contributed by atoms with Crippen LogP contribution in [0.25, 0.3) is 11.3 Å². The third-order valence-corrected chi connectivity index (χ3v) is 3.28. The van der Waals surface area contributed by atoms with Crippen molar-refractivity contribution in [3.8, 4) is 17.1 Å². The smallest absolute Gasteiger partial charge is 0.256 e. The molecule has 0 atom stereocenters. The molecule has 0 unspecified atom stereocenters. The van der Waals surface area contributed by atoms with Gasteiger partial charge in [-0.2, -0.15) is 4.98 Å². The van der Waals surface area contributed by atoms with Gasteiger partial charge in [-0.05, 0) is 0 Å². The number of aromatic nitrogens is 3. The number of anilines is 2. The van der Waals surface area contributed by atoms with E-state index in [1.165, 1.54) is 11.3 Å². The van der Waals surface area contributed by atoms with E-state index in [1.807, 2.05) is 35.7 Å². The topological polar surface area (TPSA) is 90.9 Å². The van der Waals surface area contributed by atoms with Crippen molar-refractivity contribution in [2.24, 2.45) is 0 Å². The van der Waals surface area contributed by atoms with Crippen molar-refractivity contribution >= 4 is 22.4 Å². The normalized spacial score (nSPS) is 10.4. The van der Waals surface area contributed by atoms with Crippen LogP contribution in [0, 0.1) is 0 Å². The second-order valence-electron chi connectivity index (χ2n) is 3.98. The van der Waals surface area contributed by atoms with E-state index in [0.29, 0.717) is 5.13 Å². The number of aromatic hydroxyl groups is 1. The lowest BCUT2D eigenvalue weighted by Gasteiger charge is -2.00. The van der Waals surface area contributed by atoms with Gasteiger partial charge in [0.2, 0.25) is 11.8 Å². The van der Waals surface area contributed by atoms with E-state index in [0.717, 1.165) is 17.3 Å². The Morgan fingerprint density at radius 1 is 1.20 bits per heavy atom. The monoisotopic (exact) mass is 286 g/mol. The molecule has 0 radical (unpaired) electrons. The Kier molecular flexibility index (Phi) is 3.18. The lowest BCUT2D eigenvalue weighted by molar-refractivity contribution is 0.452. The number of thiazole rings is 1. The number of nitrogens with zero attached hydrogens (tertiary/aromatic N) is 2. The van der Waals surface area contributed by atoms with E-state index in [2.05, 4.69) is 20.3 Å². The van der Waals surface area contributed by atoms with Crippen LogP contribution in [0.4, 0.5) is 11.1 Å². The summed E-state index contributed by atoms with van der Waals surface area (Å²) in [6.07, 6.45) is 0. The maximum absolute atomic E-state index is 11.2. The molecule has 0 amide bonds. The fraction of sp³-hybridized carbons (Fsp3) is 0. The van der Waals surface area contributed by atoms with Crippen LogP contribution in [0.2, 0.25) is 0 Å². The van der Waals surface area contributed by atoms with Crippen LogP contribution in [0.3, 0.4) is 0 Å². The third kappa shape index (κ3) is 2.67. The van der Waals surface area contributed by atoms with Gasteiger partial charge in [0.05, 0.1) is 11.8 Å². The summed E-state index contributed by atoms with van der Waals surface area (Å²) in [4.78, 5) is 21.9. The first-order chi connectivity index (χ1) is 9.70. The standard InChI is InChI=1S/C13H10N4O2S/c18-10-6-11(19)16-12(15-10)17-13-14-9(7-20-13)8-4-2-1-3-5-8/h1-7H,(H3,14,15,16,17,18,19). The molecule has 1 aromatic carbocycles. The second-order valence-corrected chi connectivity index (χ2v) is 4.84. The largest absolute Gasteiger partial charge is 0.493 e. The highest BCUT2D eigenvalue weighted by molar-refractivity contribution is 7.14. The summed E-state index contributed by atoms with van der Waals surface area (Å²) in [5, 5.41) is 14.6. The minimum atomic E-state index is -0.431. The summed E-state index contributed by atoms with van der Waals surface area (Å²) in [6.45, 7) is 0. The molecule has 3 aromatic rings. The minimum absolute atomic E-state index is 0.156. The molecular weight excluding hydrogens is 276 g/mol. The van der Waals surface area contributed by atoms with E-state index in [-0.39, 0.29) is 11.8 Å². The van der Waals surface area contributed by atoms with Crippen LogP contribution in [0.1, 0.15) is 0 Å². The Morgan fingerprint density at radius 2 is 2.00 bits per heavy atom. The molecule has 0 fully saturated rings. The molecule has 0 aliphatic heterocycles. The fourth-order valence-electron chi connectivity index (χ4n) is 1.68. The Bertz CT molecular complexity index is 782. The highest BCUT2D eigenvalue weighted by atomic mass is 32.1. The number of benzene rings is 1. The van der Waals surface area contributed by atoms with Gasteiger partial charge in [0, 0.05) is 10.9 Å². The number of nitrogens with one attached hydrogen (secondary N) is 2. The molecule has 7 heteroatoms.